The Bertz CT molecular complexity index is 1080. The van der Waals surface area contributed by atoms with E-state index in [0.717, 1.165) is 23.1 Å². The number of hydrogen-bond acceptors (Lipinski definition) is 3. The number of nitrogens with one attached hydrogen (secondary N) is 2. The van der Waals surface area contributed by atoms with Crippen LogP contribution in [0.3, 0.4) is 0 Å². The van der Waals surface area contributed by atoms with Gasteiger partial charge in [0.05, 0.1) is 6.04 Å². The van der Waals surface area contributed by atoms with Crippen LogP contribution in [0.4, 0.5) is 0 Å². The molecular formula is C24H22N4O. The smallest absolute Gasteiger partial charge is 0.270 e. The van der Waals surface area contributed by atoms with E-state index >= 15 is 0 Å². The van der Waals surface area contributed by atoms with Crippen molar-refractivity contribution in [2.75, 3.05) is 0 Å². The number of carbonyl (C=O) groups excluding carboxylic acids is 1. The molecular weight excluding hydrogens is 360 g/mol. The first-order valence-corrected chi connectivity index (χ1v) is 9.68. The number of imidazole rings is 1. The van der Waals surface area contributed by atoms with Gasteiger partial charge >= 0.3 is 0 Å². The van der Waals surface area contributed by atoms with Gasteiger partial charge in [-0.1, -0.05) is 67.6 Å². The maximum absolute atomic E-state index is 13.2. The van der Waals surface area contributed by atoms with Gasteiger partial charge < -0.3 is 10.3 Å². The molecule has 0 saturated carbocycles. The largest absolute Gasteiger partial charge is 0.344 e. The molecule has 1 amide bonds. The lowest BCUT2D eigenvalue weighted by Crippen LogP contribution is -2.28. The number of hydrogen-bond donors (Lipinski definition) is 2. The maximum atomic E-state index is 13.2. The fraction of sp³-hybridized carbons (Fsp3) is 0.125. The maximum Gasteiger partial charge on any atom is 0.270 e. The monoisotopic (exact) mass is 382 g/mol. The van der Waals surface area contributed by atoms with Crippen molar-refractivity contribution in [2.24, 2.45) is 0 Å². The van der Waals surface area contributed by atoms with Crippen LogP contribution >= 0.6 is 0 Å². The standard InChI is InChI=1S/C24H22N4O/c1-2-20(17-10-5-3-6-11-17)26-24(29)22-21(18-12-7-4-8-13-18)27-23(28-22)19-14-9-15-25-16-19/h3-16,20H,2H2,1H3,(H,26,29)(H,27,28)/t20-/m0/s1. The quantitative estimate of drug-likeness (QED) is 0.492. The van der Waals surface area contributed by atoms with Crippen LogP contribution in [0.2, 0.25) is 0 Å². The molecule has 0 bridgehead atoms. The van der Waals surface area contributed by atoms with E-state index in [1.165, 1.54) is 0 Å². The molecule has 0 unspecified atom stereocenters. The topological polar surface area (TPSA) is 70.7 Å². The minimum atomic E-state index is -0.179. The first-order chi connectivity index (χ1) is 14.3. The Morgan fingerprint density at radius 3 is 2.31 bits per heavy atom. The Labute approximate surface area is 169 Å². The zero-order chi connectivity index (χ0) is 20.1. The fourth-order valence-corrected chi connectivity index (χ4v) is 3.32. The number of carbonyl (C=O) groups is 1. The summed E-state index contributed by atoms with van der Waals surface area (Å²) in [5.74, 6) is 0.442. The fourth-order valence-electron chi connectivity index (χ4n) is 3.32. The van der Waals surface area contributed by atoms with Crippen molar-refractivity contribution in [3.63, 3.8) is 0 Å². The molecule has 1 atom stereocenters. The Morgan fingerprint density at radius 2 is 1.66 bits per heavy atom. The third-order valence-electron chi connectivity index (χ3n) is 4.83. The average molecular weight is 382 g/mol. The van der Waals surface area contributed by atoms with Crippen molar-refractivity contribution in [1.29, 1.82) is 0 Å². The number of pyridine rings is 1. The molecule has 2 aromatic carbocycles. The van der Waals surface area contributed by atoms with Crippen LogP contribution < -0.4 is 5.32 Å². The Kier molecular flexibility index (Phi) is 5.47. The van der Waals surface area contributed by atoms with Crippen LogP contribution in [0.25, 0.3) is 22.6 Å². The van der Waals surface area contributed by atoms with E-state index in [-0.39, 0.29) is 11.9 Å². The molecule has 29 heavy (non-hydrogen) atoms. The van der Waals surface area contributed by atoms with Crippen LogP contribution in [0.5, 0.6) is 0 Å². The van der Waals surface area contributed by atoms with E-state index in [0.29, 0.717) is 17.2 Å². The second-order valence-electron chi connectivity index (χ2n) is 6.76. The summed E-state index contributed by atoms with van der Waals surface area (Å²) in [6.45, 7) is 2.06. The minimum absolute atomic E-state index is 0.0718. The van der Waals surface area contributed by atoms with E-state index < -0.39 is 0 Å². The van der Waals surface area contributed by atoms with Gasteiger partial charge in [-0.05, 0) is 24.1 Å². The van der Waals surface area contributed by atoms with Crippen LogP contribution in [0.1, 0.15) is 35.4 Å². The Morgan fingerprint density at radius 1 is 0.966 bits per heavy atom. The number of benzene rings is 2. The molecule has 5 nitrogen and oxygen atoms in total. The van der Waals surface area contributed by atoms with Gasteiger partial charge in [-0.25, -0.2) is 4.98 Å². The summed E-state index contributed by atoms with van der Waals surface area (Å²) in [7, 11) is 0. The summed E-state index contributed by atoms with van der Waals surface area (Å²) in [6.07, 6.45) is 4.23. The highest BCUT2D eigenvalue weighted by Gasteiger charge is 2.22. The minimum Gasteiger partial charge on any atom is -0.344 e. The Balaban J connectivity index is 1.71. The van der Waals surface area contributed by atoms with Crippen molar-refractivity contribution < 1.29 is 4.79 Å². The molecule has 0 spiro atoms. The van der Waals surface area contributed by atoms with E-state index in [9.17, 15) is 4.79 Å². The van der Waals surface area contributed by atoms with Crippen LogP contribution in [0.15, 0.2) is 85.2 Å². The molecule has 0 aliphatic heterocycles. The second kappa shape index (κ2) is 8.52. The summed E-state index contributed by atoms with van der Waals surface area (Å²) in [4.78, 5) is 25.3. The molecule has 2 heterocycles. The van der Waals surface area contributed by atoms with E-state index in [1.807, 2.05) is 72.8 Å². The molecule has 4 rings (SSSR count). The molecule has 144 valence electrons. The van der Waals surface area contributed by atoms with Crippen LogP contribution in [-0.2, 0) is 0 Å². The molecule has 2 N–H and O–H groups in total. The average Bonchev–Trinajstić information content (AvgIpc) is 3.25. The van der Waals surface area contributed by atoms with Crippen molar-refractivity contribution in [3.8, 4) is 22.6 Å². The molecule has 0 aliphatic rings. The lowest BCUT2D eigenvalue weighted by atomic mass is 10.0. The number of H-pyrrole nitrogens is 1. The second-order valence-corrected chi connectivity index (χ2v) is 6.76. The summed E-state index contributed by atoms with van der Waals surface area (Å²) in [5, 5.41) is 3.15. The van der Waals surface area contributed by atoms with Gasteiger partial charge in [-0.15, -0.1) is 0 Å². The molecule has 4 aromatic rings. The summed E-state index contributed by atoms with van der Waals surface area (Å²) in [5.41, 5.74) is 3.88. The van der Waals surface area contributed by atoms with Gasteiger partial charge in [0, 0.05) is 23.5 Å². The summed E-state index contributed by atoms with van der Waals surface area (Å²) < 4.78 is 0. The molecule has 5 heteroatoms. The highest BCUT2D eigenvalue weighted by molar-refractivity contribution is 5.99. The van der Waals surface area contributed by atoms with Crippen LogP contribution in [0, 0.1) is 0 Å². The molecule has 0 fully saturated rings. The first-order valence-electron chi connectivity index (χ1n) is 9.68. The number of aromatic amines is 1. The van der Waals surface area contributed by atoms with Crippen molar-refractivity contribution in [1.82, 2.24) is 20.3 Å². The highest BCUT2D eigenvalue weighted by Crippen LogP contribution is 2.26. The number of rotatable bonds is 6. The first kappa shape index (κ1) is 18.6. The van der Waals surface area contributed by atoms with E-state index in [1.54, 1.807) is 12.4 Å². The number of amides is 1. The number of nitrogens with zero attached hydrogens (tertiary/aromatic N) is 2. The van der Waals surface area contributed by atoms with E-state index in [4.69, 9.17) is 4.98 Å². The lowest BCUT2D eigenvalue weighted by molar-refractivity contribution is 0.0932. The third kappa shape index (κ3) is 4.09. The third-order valence-corrected chi connectivity index (χ3v) is 4.83. The SMILES string of the molecule is CC[C@H](NC(=O)c1[nH]c(-c2cccnc2)nc1-c1ccccc1)c1ccccc1. The predicted molar refractivity (Wildman–Crippen MR) is 114 cm³/mol. The van der Waals surface area contributed by atoms with Gasteiger partial charge in [0.25, 0.3) is 5.91 Å². The van der Waals surface area contributed by atoms with Gasteiger partial charge in [-0.3, -0.25) is 9.78 Å². The molecule has 0 aliphatic carbocycles. The normalized spacial score (nSPS) is 11.8. The zero-order valence-electron chi connectivity index (χ0n) is 16.2. The summed E-state index contributed by atoms with van der Waals surface area (Å²) >= 11 is 0. The zero-order valence-corrected chi connectivity index (χ0v) is 16.2. The van der Waals surface area contributed by atoms with Crippen molar-refractivity contribution >= 4 is 5.91 Å². The summed E-state index contributed by atoms with van der Waals surface area (Å²) in [6, 6.07) is 23.4. The van der Waals surface area contributed by atoms with E-state index in [2.05, 4.69) is 22.2 Å². The lowest BCUT2D eigenvalue weighted by Gasteiger charge is -2.17. The molecule has 0 radical (unpaired) electrons. The Hall–Kier alpha value is -3.73. The van der Waals surface area contributed by atoms with Gasteiger partial charge in [0.15, 0.2) is 0 Å². The highest BCUT2D eigenvalue weighted by atomic mass is 16.2. The van der Waals surface area contributed by atoms with Crippen LogP contribution in [-0.4, -0.2) is 20.9 Å². The molecule has 0 saturated heterocycles. The van der Waals surface area contributed by atoms with Gasteiger partial charge in [-0.2, -0.15) is 0 Å². The van der Waals surface area contributed by atoms with Gasteiger partial charge in [0.2, 0.25) is 0 Å². The molecule has 2 aromatic heterocycles. The number of aromatic nitrogens is 3. The van der Waals surface area contributed by atoms with Crippen molar-refractivity contribution in [2.45, 2.75) is 19.4 Å². The van der Waals surface area contributed by atoms with Crippen molar-refractivity contribution in [3.05, 3.63) is 96.4 Å². The predicted octanol–water partition coefficient (Wildman–Crippen LogP) is 5.02. The van der Waals surface area contributed by atoms with Gasteiger partial charge in [0.1, 0.15) is 17.2 Å².